The smallest absolute Gasteiger partial charge is 0.320 e. The molecule has 0 saturated heterocycles. The van der Waals surface area contributed by atoms with Crippen molar-refractivity contribution in [2.24, 2.45) is 0 Å². The number of aromatic nitrogens is 3. The molecule has 1 aromatic carbocycles. The number of halogens is 3. The predicted molar refractivity (Wildman–Crippen MR) is 137 cm³/mol. The maximum absolute atomic E-state index is 13.0. The molecule has 204 valence electrons. The molecule has 0 bridgehead atoms. The van der Waals surface area contributed by atoms with Crippen LogP contribution in [0.1, 0.15) is 31.9 Å². The summed E-state index contributed by atoms with van der Waals surface area (Å²) < 4.78 is 34.3. The lowest BCUT2D eigenvalue weighted by atomic mass is 10.1. The SMILES string of the molecule is C=CCF.CC(C)=O.CF.CN(CC[n+]1cnc[nH]1)C(=O)N1CC(C/C=C/F)=CC1c1cccc(O)c1. The van der Waals surface area contributed by atoms with Gasteiger partial charge in [-0.3, -0.25) is 4.39 Å². The van der Waals surface area contributed by atoms with Crippen LogP contribution < -0.4 is 4.68 Å². The molecule has 2 N–H and O–H groups in total. The molecule has 0 saturated carbocycles. The van der Waals surface area contributed by atoms with Gasteiger partial charge in [0.25, 0.3) is 0 Å². The Balaban J connectivity index is 0.00000112. The Hall–Kier alpha value is -3.89. The Morgan fingerprint density at radius 2 is 2.00 bits per heavy atom. The Labute approximate surface area is 216 Å². The highest BCUT2D eigenvalue weighted by atomic mass is 19.1. The van der Waals surface area contributed by atoms with Crippen molar-refractivity contribution in [3.05, 3.63) is 79.2 Å². The van der Waals surface area contributed by atoms with E-state index in [1.165, 1.54) is 26.0 Å². The number of aromatic hydroxyl groups is 1. The summed E-state index contributed by atoms with van der Waals surface area (Å²) in [5, 5.41) is 12.7. The Morgan fingerprint density at radius 3 is 2.51 bits per heavy atom. The highest BCUT2D eigenvalue weighted by molar-refractivity contribution is 5.76. The molecular formula is C26H37F3N5O3+. The number of hydrogen-bond acceptors (Lipinski definition) is 4. The van der Waals surface area contributed by atoms with Gasteiger partial charge in [0.15, 0.2) is 0 Å². The van der Waals surface area contributed by atoms with E-state index in [4.69, 9.17) is 0 Å². The van der Waals surface area contributed by atoms with Crippen LogP contribution in [0.15, 0.2) is 73.6 Å². The fourth-order valence-corrected chi connectivity index (χ4v) is 3.13. The number of nitrogens with one attached hydrogen (secondary N) is 1. The van der Waals surface area contributed by atoms with Crippen molar-refractivity contribution in [2.45, 2.75) is 32.9 Å². The fraction of sp³-hybridized carbons (Fsp3) is 0.385. The largest absolute Gasteiger partial charge is 0.508 e. The number of carbonyl (C=O) groups is 2. The average molecular weight is 525 g/mol. The van der Waals surface area contributed by atoms with Gasteiger partial charge in [-0.05, 0) is 48.5 Å². The summed E-state index contributed by atoms with van der Waals surface area (Å²) in [6.07, 6.45) is 8.80. The number of H-pyrrole nitrogens is 1. The normalized spacial score (nSPS) is 13.8. The van der Waals surface area contributed by atoms with Crippen molar-refractivity contribution >= 4 is 11.8 Å². The molecule has 37 heavy (non-hydrogen) atoms. The van der Waals surface area contributed by atoms with Crippen LogP contribution in [0.25, 0.3) is 0 Å². The number of phenols is 1. The van der Waals surface area contributed by atoms with Gasteiger partial charge in [-0.1, -0.05) is 30.4 Å². The second-order valence-corrected chi connectivity index (χ2v) is 7.83. The molecular weight excluding hydrogens is 487 g/mol. The van der Waals surface area contributed by atoms with Crippen LogP contribution in [0.4, 0.5) is 18.0 Å². The topological polar surface area (TPSA) is 93.4 Å². The number of phenolic OH excluding ortho intramolecular Hbond substituents is 1. The van der Waals surface area contributed by atoms with Gasteiger partial charge in [0.1, 0.15) is 24.8 Å². The van der Waals surface area contributed by atoms with Crippen molar-refractivity contribution in [2.75, 3.05) is 34.0 Å². The van der Waals surface area contributed by atoms with Gasteiger partial charge < -0.3 is 19.7 Å². The van der Waals surface area contributed by atoms with Crippen LogP contribution in [0, 0.1) is 0 Å². The van der Waals surface area contributed by atoms with E-state index in [9.17, 15) is 27.9 Å². The molecule has 0 fully saturated rings. The summed E-state index contributed by atoms with van der Waals surface area (Å²) in [4.78, 5) is 29.8. The van der Waals surface area contributed by atoms with Crippen LogP contribution in [0.3, 0.4) is 0 Å². The zero-order chi connectivity index (χ0) is 28.2. The number of carbonyl (C=O) groups excluding carboxylic acids is 2. The quantitative estimate of drug-likeness (QED) is 0.408. The average Bonchev–Trinajstić information content (AvgIpc) is 3.57. The summed E-state index contributed by atoms with van der Waals surface area (Å²) in [5.74, 6) is 0.314. The molecule has 2 aromatic rings. The summed E-state index contributed by atoms with van der Waals surface area (Å²) in [7, 11) is 2.25. The Bertz CT molecular complexity index is 993. The summed E-state index contributed by atoms with van der Waals surface area (Å²) in [6, 6.07) is 6.44. The van der Waals surface area contributed by atoms with Crippen molar-refractivity contribution in [3.63, 3.8) is 0 Å². The van der Waals surface area contributed by atoms with Crippen LogP contribution in [-0.4, -0.2) is 70.8 Å². The van der Waals surface area contributed by atoms with Gasteiger partial charge in [-0.25, -0.2) is 13.6 Å². The number of likely N-dealkylation sites (N-methyl/N-ethyl adjacent to an activating group) is 1. The van der Waals surface area contributed by atoms with Gasteiger partial charge in [-0.2, -0.15) is 9.78 Å². The van der Waals surface area contributed by atoms with Crippen molar-refractivity contribution in [3.8, 4) is 5.75 Å². The number of Topliss-reactive ketones (excluding diaryl/α,β-unsaturated/α-hetero) is 1. The zero-order valence-electron chi connectivity index (χ0n) is 21.8. The lowest BCUT2D eigenvalue weighted by Crippen LogP contribution is -2.46. The van der Waals surface area contributed by atoms with Crippen molar-refractivity contribution in [1.82, 2.24) is 19.9 Å². The third kappa shape index (κ3) is 13.1. The van der Waals surface area contributed by atoms with Gasteiger partial charge in [0.2, 0.25) is 6.33 Å². The third-order valence-electron chi connectivity index (χ3n) is 4.65. The molecule has 3 rings (SSSR count). The zero-order valence-corrected chi connectivity index (χ0v) is 21.8. The number of hydrogen-bond donors (Lipinski definition) is 2. The number of alkyl halides is 2. The van der Waals surface area contributed by atoms with Gasteiger partial charge in [0.05, 0.1) is 26.1 Å². The van der Waals surface area contributed by atoms with Gasteiger partial charge in [-0.15, -0.1) is 6.58 Å². The highest BCUT2D eigenvalue weighted by Gasteiger charge is 2.31. The standard InChI is InChI=1S/C19H22FN5O2.C3H5F.C3H6O.CH3F/c1-23(8-9-24-14-21-13-22-24)19(27)25-12-15(4-3-7-20)10-18(25)16-5-2-6-17(26)11-16;1-2-3-4;1-3(2)4;1-2/h2-3,5-7,10-11,13-14,18,26H,4,8-9,12H2,1H3;2H,1,3H2;1-2H3;1H3/p+1/b7-3+;;;. The number of allylic oxidation sites excluding steroid dienone is 2. The van der Waals surface area contributed by atoms with E-state index in [2.05, 4.69) is 16.7 Å². The van der Waals surface area contributed by atoms with Crippen LogP contribution in [0.2, 0.25) is 0 Å². The third-order valence-corrected chi connectivity index (χ3v) is 4.65. The Morgan fingerprint density at radius 1 is 1.35 bits per heavy atom. The van der Waals surface area contributed by atoms with Crippen LogP contribution >= 0.6 is 0 Å². The maximum atomic E-state index is 13.0. The van der Waals surface area contributed by atoms with E-state index in [1.54, 1.807) is 52.4 Å². The number of amides is 2. The summed E-state index contributed by atoms with van der Waals surface area (Å²) in [6.45, 7) is 7.27. The number of rotatable bonds is 7. The minimum absolute atomic E-state index is 0.126. The van der Waals surface area contributed by atoms with E-state index in [1.807, 2.05) is 12.1 Å². The summed E-state index contributed by atoms with van der Waals surface area (Å²) >= 11 is 0. The molecule has 0 aliphatic carbocycles. The number of aromatic amines is 1. The van der Waals surface area contributed by atoms with Crippen LogP contribution in [0.5, 0.6) is 5.75 Å². The molecule has 2 amide bonds. The first-order valence-corrected chi connectivity index (χ1v) is 11.4. The Kier molecular flexibility index (Phi) is 17.3. The molecule has 1 unspecified atom stereocenters. The molecule has 1 aliphatic rings. The number of nitrogens with zero attached hydrogens (tertiary/aromatic N) is 4. The molecule has 0 radical (unpaired) electrons. The van der Waals surface area contributed by atoms with Crippen molar-refractivity contribution < 1.29 is 32.5 Å². The lowest BCUT2D eigenvalue weighted by molar-refractivity contribution is -0.750. The van der Waals surface area contributed by atoms with Crippen LogP contribution in [-0.2, 0) is 11.3 Å². The van der Waals surface area contributed by atoms with Gasteiger partial charge in [0, 0.05) is 13.6 Å². The van der Waals surface area contributed by atoms with Crippen molar-refractivity contribution in [1.29, 1.82) is 0 Å². The number of benzene rings is 1. The minimum Gasteiger partial charge on any atom is -0.508 e. The monoisotopic (exact) mass is 524 g/mol. The predicted octanol–water partition coefficient (Wildman–Crippen LogP) is 4.63. The molecule has 1 aliphatic heterocycles. The molecule has 2 heterocycles. The first kappa shape index (κ1) is 33.1. The van der Waals surface area contributed by atoms with E-state index in [-0.39, 0.29) is 23.6 Å². The first-order valence-electron chi connectivity index (χ1n) is 11.4. The second kappa shape index (κ2) is 19.3. The van der Waals surface area contributed by atoms with E-state index < -0.39 is 6.67 Å². The molecule has 0 spiro atoms. The van der Waals surface area contributed by atoms with E-state index in [0.717, 1.165) is 11.1 Å². The van der Waals surface area contributed by atoms with Gasteiger partial charge >= 0.3 is 12.4 Å². The number of urea groups is 1. The minimum atomic E-state index is -0.417. The molecule has 1 aromatic heterocycles. The van der Waals surface area contributed by atoms with E-state index in [0.29, 0.717) is 39.6 Å². The highest BCUT2D eigenvalue weighted by Crippen LogP contribution is 2.33. The lowest BCUT2D eigenvalue weighted by Gasteiger charge is -2.29. The molecule has 1 atom stereocenters. The first-order chi connectivity index (χ1) is 17.7. The number of ketones is 1. The fourth-order valence-electron chi connectivity index (χ4n) is 3.13. The maximum Gasteiger partial charge on any atom is 0.320 e. The molecule has 8 nitrogen and oxygen atoms in total. The van der Waals surface area contributed by atoms with E-state index >= 15 is 0 Å². The second-order valence-electron chi connectivity index (χ2n) is 7.83. The molecule has 11 heteroatoms. The summed E-state index contributed by atoms with van der Waals surface area (Å²) in [5.41, 5.74) is 1.78.